The van der Waals surface area contributed by atoms with Crippen LogP contribution in [0.1, 0.15) is 21.9 Å². The minimum atomic E-state index is -0.0756. The van der Waals surface area contributed by atoms with Crippen molar-refractivity contribution in [2.24, 2.45) is 0 Å². The van der Waals surface area contributed by atoms with Gasteiger partial charge in [-0.1, -0.05) is 12.1 Å². The number of amides is 1. The fraction of sp³-hybridized carbons (Fsp3) is 0.316. The Hall–Kier alpha value is -3.33. The van der Waals surface area contributed by atoms with Crippen LogP contribution in [0.25, 0.3) is 5.69 Å². The maximum absolute atomic E-state index is 13.2. The van der Waals surface area contributed by atoms with Gasteiger partial charge in [0.05, 0.1) is 36.8 Å². The van der Waals surface area contributed by atoms with Crippen LogP contribution in [0.5, 0.6) is 0 Å². The summed E-state index contributed by atoms with van der Waals surface area (Å²) >= 11 is 0. The summed E-state index contributed by atoms with van der Waals surface area (Å²) in [4.78, 5) is 31.0. The van der Waals surface area contributed by atoms with Crippen LogP contribution in [-0.2, 0) is 4.84 Å². The van der Waals surface area contributed by atoms with Crippen molar-refractivity contribution in [1.82, 2.24) is 29.9 Å². The second kappa shape index (κ2) is 7.73. The van der Waals surface area contributed by atoms with Gasteiger partial charge in [0.2, 0.25) is 0 Å². The number of hydrogen-bond acceptors (Lipinski definition) is 7. The summed E-state index contributed by atoms with van der Waals surface area (Å²) in [5.74, 6) is 1.32. The predicted molar refractivity (Wildman–Crippen MR) is 102 cm³/mol. The Morgan fingerprint density at radius 2 is 1.82 bits per heavy atom. The van der Waals surface area contributed by atoms with E-state index in [1.54, 1.807) is 28.4 Å². The lowest BCUT2D eigenvalue weighted by atomic mass is 10.1. The molecule has 9 heteroatoms. The van der Waals surface area contributed by atoms with Gasteiger partial charge >= 0.3 is 0 Å². The lowest BCUT2D eigenvalue weighted by Crippen LogP contribution is -2.36. The average molecular weight is 379 g/mol. The first-order valence-corrected chi connectivity index (χ1v) is 9.09. The lowest BCUT2D eigenvalue weighted by Gasteiger charge is -2.22. The molecule has 0 atom stereocenters. The maximum Gasteiger partial charge on any atom is 0.256 e. The molecular formula is C19H21N7O2. The van der Waals surface area contributed by atoms with Gasteiger partial charge in [0, 0.05) is 24.8 Å². The van der Waals surface area contributed by atoms with E-state index >= 15 is 0 Å². The third kappa shape index (κ3) is 3.70. The predicted octanol–water partition coefficient (Wildman–Crippen LogP) is 1.57. The van der Waals surface area contributed by atoms with Gasteiger partial charge in [0.25, 0.3) is 5.91 Å². The Labute approximate surface area is 162 Å². The molecule has 3 heterocycles. The van der Waals surface area contributed by atoms with Crippen LogP contribution in [0.3, 0.4) is 0 Å². The SMILES string of the molecule is Cc1cc(N2CCN(C(=O)c3ccccc3-n3nccn3)CCO2)nc(C)n1. The molecule has 28 heavy (non-hydrogen) atoms. The Kier molecular flexibility index (Phi) is 4.98. The molecular weight excluding hydrogens is 358 g/mol. The molecule has 0 N–H and O–H groups in total. The third-order valence-corrected chi connectivity index (χ3v) is 4.45. The number of benzene rings is 1. The largest absolute Gasteiger partial charge is 0.334 e. The van der Waals surface area contributed by atoms with Crippen LogP contribution < -0.4 is 5.06 Å². The molecule has 1 aliphatic rings. The zero-order valence-corrected chi connectivity index (χ0v) is 15.8. The molecule has 144 valence electrons. The molecule has 1 saturated heterocycles. The average Bonchev–Trinajstić information content (AvgIpc) is 3.11. The summed E-state index contributed by atoms with van der Waals surface area (Å²) < 4.78 is 0. The number of carbonyl (C=O) groups excluding carboxylic acids is 1. The molecule has 4 rings (SSSR count). The minimum Gasteiger partial charge on any atom is -0.334 e. The van der Waals surface area contributed by atoms with Crippen molar-refractivity contribution >= 4 is 11.7 Å². The fourth-order valence-corrected chi connectivity index (χ4v) is 3.20. The number of carbonyl (C=O) groups is 1. The summed E-state index contributed by atoms with van der Waals surface area (Å²) in [7, 11) is 0. The van der Waals surface area contributed by atoms with Crippen LogP contribution >= 0.6 is 0 Å². The first-order valence-electron chi connectivity index (χ1n) is 9.09. The molecule has 1 fully saturated rings. The summed E-state index contributed by atoms with van der Waals surface area (Å²) in [6, 6.07) is 9.21. The van der Waals surface area contributed by atoms with Crippen molar-refractivity contribution in [2.75, 3.05) is 31.3 Å². The van der Waals surface area contributed by atoms with Crippen molar-refractivity contribution in [3.05, 3.63) is 59.8 Å². The number of para-hydroxylation sites is 1. The van der Waals surface area contributed by atoms with Gasteiger partial charge in [0.15, 0.2) is 5.82 Å². The van der Waals surface area contributed by atoms with Crippen molar-refractivity contribution in [1.29, 1.82) is 0 Å². The van der Waals surface area contributed by atoms with E-state index in [1.807, 2.05) is 38.1 Å². The van der Waals surface area contributed by atoms with E-state index in [9.17, 15) is 4.79 Å². The highest BCUT2D eigenvalue weighted by molar-refractivity contribution is 5.97. The number of hydrogen-bond donors (Lipinski definition) is 0. The van der Waals surface area contributed by atoms with E-state index in [0.29, 0.717) is 49.1 Å². The highest BCUT2D eigenvalue weighted by atomic mass is 16.7. The smallest absolute Gasteiger partial charge is 0.256 e. The number of nitrogens with zero attached hydrogens (tertiary/aromatic N) is 7. The summed E-state index contributed by atoms with van der Waals surface area (Å²) in [6.07, 6.45) is 3.18. The van der Waals surface area contributed by atoms with Crippen LogP contribution in [-0.4, -0.2) is 62.0 Å². The van der Waals surface area contributed by atoms with Crippen LogP contribution in [0.15, 0.2) is 42.7 Å². The Balaban J connectivity index is 1.53. The van der Waals surface area contributed by atoms with Crippen molar-refractivity contribution in [3.63, 3.8) is 0 Å². The van der Waals surface area contributed by atoms with Gasteiger partial charge in [-0.15, -0.1) is 0 Å². The molecule has 0 saturated carbocycles. The molecule has 0 spiro atoms. The molecule has 0 radical (unpaired) electrons. The van der Waals surface area contributed by atoms with Gasteiger partial charge in [-0.2, -0.15) is 15.0 Å². The topological polar surface area (TPSA) is 89.3 Å². The number of hydroxylamine groups is 1. The quantitative estimate of drug-likeness (QED) is 0.682. The van der Waals surface area contributed by atoms with Crippen LogP contribution in [0.2, 0.25) is 0 Å². The molecule has 1 amide bonds. The van der Waals surface area contributed by atoms with E-state index in [-0.39, 0.29) is 5.91 Å². The molecule has 0 unspecified atom stereocenters. The second-order valence-corrected chi connectivity index (χ2v) is 6.48. The standard InChI is InChI=1S/C19H21N7O2/c1-14-13-18(23-15(2)22-14)25-10-9-24(11-12-28-25)19(27)16-5-3-4-6-17(16)26-20-7-8-21-26/h3-8,13H,9-12H2,1-2H3. The number of anilines is 1. The zero-order chi connectivity index (χ0) is 19.5. The zero-order valence-electron chi connectivity index (χ0n) is 15.8. The summed E-state index contributed by atoms with van der Waals surface area (Å²) in [6.45, 7) is 5.68. The minimum absolute atomic E-state index is 0.0756. The lowest BCUT2D eigenvalue weighted by molar-refractivity contribution is 0.0730. The Bertz CT molecular complexity index is 954. The molecule has 3 aromatic rings. The van der Waals surface area contributed by atoms with Crippen molar-refractivity contribution in [3.8, 4) is 5.69 Å². The van der Waals surface area contributed by atoms with E-state index < -0.39 is 0 Å². The van der Waals surface area contributed by atoms with E-state index in [1.165, 1.54) is 4.80 Å². The fourth-order valence-electron chi connectivity index (χ4n) is 3.20. The van der Waals surface area contributed by atoms with Crippen LogP contribution in [0, 0.1) is 13.8 Å². The normalized spacial score (nSPS) is 14.8. The second-order valence-electron chi connectivity index (χ2n) is 6.48. The first kappa shape index (κ1) is 18.1. The van der Waals surface area contributed by atoms with Gasteiger partial charge in [-0.05, 0) is 26.0 Å². The first-order chi connectivity index (χ1) is 13.6. The monoisotopic (exact) mass is 379 g/mol. The molecule has 0 bridgehead atoms. The Morgan fingerprint density at radius 1 is 1.04 bits per heavy atom. The molecule has 0 aliphatic carbocycles. The molecule has 9 nitrogen and oxygen atoms in total. The van der Waals surface area contributed by atoms with Gasteiger partial charge in [-0.25, -0.2) is 15.0 Å². The number of aryl methyl sites for hydroxylation is 2. The highest BCUT2D eigenvalue weighted by Crippen LogP contribution is 2.18. The number of aromatic nitrogens is 5. The van der Waals surface area contributed by atoms with Crippen LogP contribution in [0.4, 0.5) is 5.82 Å². The van der Waals surface area contributed by atoms with E-state index in [0.717, 1.165) is 5.69 Å². The van der Waals surface area contributed by atoms with Gasteiger partial charge in [0.1, 0.15) is 5.82 Å². The Morgan fingerprint density at radius 3 is 2.61 bits per heavy atom. The number of rotatable bonds is 3. The van der Waals surface area contributed by atoms with Gasteiger partial charge < -0.3 is 4.90 Å². The summed E-state index contributed by atoms with van der Waals surface area (Å²) in [5.41, 5.74) is 2.09. The van der Waals surface area contributed by atoms with Crippen molar-refractivity contribution in [2.45, 2.75) is 13.8 Å². The highest BCUT2D eigenvalue weighted by Gasteiger charge is 2.24. The molecule has 1 aliphatic heterocycles. The van der Waals surface area contributed by atoms with E-state index in [4.69, 9.17) is 4.84 Å². The third-order valence-electron chi connectivity index (χ3n) is 4.45. The van der Waals surface area contributed by atoms with Gasteiger partial charge in [-0.3, -0.25) is 9.63 Å². The van der Waals surface area contributed by atoms with Crippen molar-refractivity contribution < 1.29 is 9.63 Å². The van der Waals surface area contributed by atoms with E-state index in [2.05, 4.69) is 20.2 Å². The maximum atomic E-state index is 13.2. The molecule has 1 aromatic carbocycles. The summed E-state index contributed by atoms with van der Waals surface area (Å²) in [5, 5.41) is 10.0. The molecule has 2 aromatic heterocycles.